The number of ether oxygens (including phenoxy) is 2. The summed E-state index contributed by atoms with van der Waals surface area (Å²) >= 11 is 0. The van der Waals surface area contributed by atoms with Crippen LogP contribution in [0.3, 0.4) is 0 Å². The maximum atomic E-state index is 14.3. The Kier molecular flexibility index (Phi) is 11.2. The Morgan fingerprint density at radius 2 is 1.68 bits per heavy atom. The van der Waals surface area contributed by atoms with Gasteiger partial charge in [-0.3, -0.25) is 27.8 Å². The summed E-state index contributed by atoms with van der Waals surface area (Å²) in [5.74, 6) is -0.341. The fraction of sp³-hybridized carbons (Fsp3) is 0.514. The van der Waals surface area contributed by atoms with Crippen LogP contribution in [0.15, 0.2) is 60.0 Å². The van der Waals surface area contributed by atoms with Gasteiger partial charge in [-0.25, -0.2) is 24.5 Å². The quantitative estimate of drug-likeness (QED) is 0.137. The molecule has 0 saturated carbocycles. The summed E-state index contributed by atoms with van der Waals surface area (Å²) < 4.78 is 75.6. The van der Waals surface area contributed by atoms with Gasteiger partial charge in [0.15, 0.2) is 25.7 Å². The third kappa shape index (κ3) is 8.21. The van der Waals surface area contributed by atoms with Crippen molar-refractivity contribution in [1.82, 2.24) is 34.1 Å². The van der Waals surface area contributed by atoms with E-state index in [0.717, 1.165) is 0 Å². The van der Waals surface area contributed by atoms with Crippen molar-refractivity contribution in [2.75, 3.05) is 25.2 Å². The zero-order valence-electron chi connectivity index (χ0n) is 34.2. The van der Waals surface area contributed by atoms with E-state index in [1.807, 2.05) is 46.9 Å². The number of anilines is 1. The molecule has 60 heavy (non-hydrogen) atoms. The van der Waals surface area contributed by atoms with E-state index < -0.39 is 84.8 Å². The van der Waals surface area contributed by atoms with Gasteiger partial charge in [0.05, 0.1) is 24.9 Å². The van der Waals surface area contributed by atoms with Crippen LogP contribution in [0.25, 0.3) is 22.2 Å². The molecule has 0 spiro atoms. The normalized spacial score (nSPS) is 31.7. The lowest BCUT2D eigenvalue weighted by Gasteiger charge is -2.40. The molecule has 5 aromatic rings. The first-order chi connectivity index (χ1) is 28.2. The van der Waals surface area contributed by atoms with Gasteiger partial charge in [0.25, 0.3) is 11.5 Å². The Morgan fingerprint density at radius 3 is 2.42 bits per heavy atom. The second-order valence-electron chi connectivity index (χ2n) is 16.8. The molecule has 23 heteroatoms. The summed E-state index contributed by atoms with van der Waals surface area (Å²) in [6.07, 6.45) is -3.20. The number of rotatable bonds is 6. The van der Waals surface area contributed by atoms with Crippen LogP contribution in [0.2, 0.25) is 18.1 Å². The molecule has 0 aliphatic carbocycles. The van der Waals surface area contributed by atoms with Gasteiger partial charge in [0.2, 0.25) is 0 Å². The number of benzene rings is 1. The topological polar surface area (TPSA) is 242 Å². The number of amides is 1. The standard InChI is InChI=1S/C37H48N8O12P2Si/c1-20-27-24(53-35(20)44-15-14-23-30(38-18-39-31(23)44)43-33(46)22-12-10-9-11-13-22)17-52-59(49,50)56-29-28(57-60(7,8)37(3,4)5)25(16-51-58(6,48)55-27)54-36(29)45-19-40-26-32(45)41-21(2)42-34(26)47/h9-15,18-20,24-25,27-29,35-36H,16-17H2,1-8H3,(H,49,50)(H,41,42,47)(H,38,39,43,46)/t20-,24+,25+,27?,28?,29-,35+,36+,58?/m0/s1. The van der Waals surface area contributed by atoms with Crippen molar-refractivity contribution in [3.8, 4) is 0 Å². The largest absolute Gasteiger partial charge is 0.472 e. The molecule has 3 fully saturated rings. The summed E-state index contributed by atoms with van der Waals surface area (Å²) in [5, 5.41) is 3.04. The number of aromatic amines is 1. The van der Waals surface area contributed by atoms with Crippen LogP contribution in [0.4, 0.5) is 5.82 Å². The summed E-state index contributed by atoms with van der Waals surface area (Å²) in [6.45, 7) is 14.0. The van der Waals surface area contributed by atoms with Crippen LogP contribution in [0, 0.1) is 12.8 Å². The molecule has 4 aromatic heterocycles. The number of H-pyrrole nitrogens is 1. The fourth-order valence-electron chi connectivity index (χ4n) is 7.42. The van der Waals surface area contributed by atoms with Crippen molar-refractivity contribution in [2.45, 2.75) is 95.7 Å². The Labute approximate surface area is 345 Å². The molecule has 3 aliphatic rings. The van der Waals surface area contributed by atoms with Crippen molar-refractivity contribution in [3.05, 3.63) is 77.0 Å². The fourth-order valence-corrected chi connectivity index (χ4v) is 10.9. The molecule has 3 aliphatic heterocycles. The van der Waals surface area contributed by atoms with Gasteiger partial charge in [-0.15, -0.1) is 0 Å². The van der Waals surface area contributed by atoms with Crippen LogP contribution in [-0.2, 0) is 41.1 Å². The first-order valence-corrected chi connectivity index (χ1v) is 25.8. The van der Waals surface area contributed by atoms with E-state index in [2.05, 4.69) is 30.2 Å². The summed E-state index contributed by atoms with van der Waals surface area (Å²) in [7, 11) is -11.7. The predicted octanol–water partition coefficient (Wildman–Crippen LogP) is 5.69. The van der Waals surface area contributed by atoms with Gasteiger partial charge in [-0.05, 0) is 43.3 Å². The van der Waals surface area contributed by atoms with Crippen LogP contribution in [0.5, 0.6) is 0 Å². The van der Waals surface area contributed by atoms with Gasteiger partial charge in [0, 0.05) is 24.3 Å². The molecule has 3 N–H and O–H groups in total. The minimum Gasteiger partial charge on any atom is -0.408 e. The number of imidazole rings is 1. The SMILES string of the molecule is Cc1nc2c(ncn2[C@@H]2O[C@@H]3COP(C)(=O)OC4[C@@H](COP(=O)(O)O[C@H]2C3O[Si](C)(C)C(C)(C)C)O[C@@H](n2ccc3c(NC(=O)c5ccccc5)ncnc32)[C@H]4C)c(=O)[nH]1. The zero-order chi connectivity index (χ0) is 42.9. The van der Waals surface area contributed by atoms with Crippen molar-refractivity contribution in [2.24, 2.45) is 5.92 Å². The van der Waals surface area contributed by atoms with E-state index in [9.17, 15) is 23.6 Å². The number of aryl methyl sites for hydroxylation is 1. The molecule has 7 heterocycles. The molecule has 20 nitrogen and oxygen atoms in total. The van der Waals surface area contributed by atoms with Gasteiger partial charge in [-0.2, -0.15) is 0 Å². The summed E-state index contributed by atoms with van der Waals surface area (Å²) in [6, 6.07) is 10.4. The van der Waals surface area contributed by atoms with E-state index in [4.69, 9.17) is 32.0 Å². The average Bonchev–Trinajstić information content (AvgIpc) is 3.94. The molecule has 1 amide bonds. The number of fused-ring (bicyclic) bond motifs is 5. The van der Waals surface area contributed by atoms with E-state index in [1.165, 1.54) is 23.9 Å². The van der Waals surface area contributed by atoms with Crippen molar-refractivity contribution in [3.63, 3.8) is 0 Å². The Bertz CT molecular complexity index is 2580. The van der Waals surface area contributed by atoms with Crippen molar-refractivity contribution in [1.29, 1.82) is 0 Å². The second kappa shape index (κ2) is 15.7. The average molecular weight is 887 g/mol. The molecule has 3 saturated heterocycles. The number of nitrogens with zero attached hydrogens (tertiary/aromatic N) is 6. The van der Waals surface area contributed by atoms with E-state index in [1.54, 1.807) is 48.0 Å². The monoisotopic (exact) mass is 886 g/mol. The number of hydrogen-bond acceptors (Lipinski definition) is 15. The number of aromatic nitrogens is 7. The lowest BCUT2D eigenvalue weighted by Crippen LogP contribution is -2.50. The highest BCUT2D eigenvalue weighted by Gasteiger charge is 2.56. The molecular weight excluding hydrogens is 838 g/mol. The molecule has 4 unspecified atom stereocenters. The molecule has 2 bridgehead atoms. The minimum absolute atomic E-state index is 0.0111. The second-order valence-corrected chi connectivity index (χ2v) is 25.0. The van der Waals surface area contributed by atoms with Gasteiger partial charge in [0.1, 0.15) is 60.4 Å². The third-order valence-corrected chi connectivity index (χ3v) is 18.2. The van der Waals surface area contributed by atoms with Gasteiger partial charge >= 0.3 is 15.4 Å². The maximum Gasteiger partial charge on any atom is 0.472 e. The lowest BCUT2D eigenvalue weighted by molar-refractivity contribution is -0.0634. The predicted molar refractivity (Wildman–Crippen MR) is 219 cm³/mol. The zero-order valence-corrected chi connectivity index (χ0v) is 37.0. The first-order valence-electron chi connectivity index (χ1n) is 19.4. The summed E-state index contributed by atoms with van der Waals surface area (Å²) in [4.78, 5) is 57.4. The molecule has 0 radical (unpaired) electrons. The van der Waals surface area contributed by atoms with Crippen LogP contribution in [0.1, 0.15) is 56.3 Å². The van der Waals surface area contributed by atoms with E-state index in [0.29, 0.717) is 22.4 Å². The number of carbonyl (C=O) groups is 1. The molecule has 8 rings (SSSR count). The highest BCUT2D eigenvalue weighted by atomic mass is 31.2. The first kappa shape index (κ1) is 42.7. The molecule has 1 aromatic carbocycles. The number of carbonyl (C=O) groups excluding carboxylic acids is 1. The molecule has 322 valence electrons. The van der Waals surface area contributed by atoms with Gasteiger partial charge in [-0.1, -0.05) is 45.9 Å². The smallest absolute Gasteiger partial charge is 0.408 e. The Balaban J connectivity index is 1.12. The van der Waals surface area contributed by atoms with E-state index >= 15 is 0 Å². The number of phosphoric acid groups is 1. The van der Waals surface area contributed by atoms with Crippen LogP contribution < -0.4 is 10.9 Å². The van der Waals surface area contributed by atoms with Crippen molar-refractivity contribution < 1.29 is 50.8 Å². The Morgan fingerprint density at radius 1 is 0.967 bits per heavy atom. The van der Waals surface area contributed by atoms with Crippen molar-refractivity contribution >= 4 is 57.7 Å². The third-order valence-electron chi connectivity index (χ3n) is 11.5. The maximum absolute atomic E-state index is 14.3. The number of hydrogen-bond donors (Lipinski definition) is 3. The number of phosphoric ester groups is 1. The van der Waals surface area contributed by atoms with Crippen LogP contribution >= 0.6 is 15.4 Å². The minimum atomic E-state index is -5.01. The van der Waals surface area contributed by atoms with E-state index in [-0.39, 0.29) is 34.5 Å². The highest BCUT2D eigenvalue weighted by molar-refractivity contribution is 7.53. The van der Waals surface area contributed by atoms with Gasteiger partial charge < -0.3 is 42.7 Å². The molecular formula is C37H48N8O12P2Si. The molecule has 10 atom stereocenters. The Hall–Kier alpha value is -3.98. The highest BCUT2D eigenvalue weighted by Crippen LogP contribution is 2.56. The lowest BCUT2D eigenvalue weighted by atomic mass is 10.0. The van der Waals surface area contributed by atoms with Crippen LogP contribution in [-0.4, -0.2) is 104 Å². The summed E-state index contributed by atoms with van der Waals surface area (Å²) in [5.41, 5.74) is 0.521. The number of nitrogens with one attached hydrogen (secondary N) is 2.